The summed E-state index contributed by atoms with van der Waals surface area (Å²) in [5.41, 5.74) is 5.60. The minimum absolute atomic E-state index is 0.0470. The molecule has 1 aliphatic heterocycles. The Morgan fingerprint density at radius 1 is 1.14 bits per heavy atom. The van der Waals surface area contributed by atoms with Crippen molar-refractivity contribution in [1.29, 1.82) is 0 Å². The predicted molar refractivity (Wildman–Crippen MR) is 104 cm³/mol. The summed E-state index contributed by atoms with van der Waals surface area (Å²) in [5, 5.41) is 2.55. The summed E-state index contributed by atoms with van der Waals surface area (Å²) < 4.78 is 4.99. The van der Waals surface area contributed by atoms with Crippen LogP contribution < -0.4 is 15.8 Å². The van der Waals surface area contributed by atoms with Crippen LogP contribution in [0, 0.1) is 5.92 Å². The first-order valence-electron chi connectivity index (χ1n) is 9.97. The van der Waals surface area contributed by atoms with Crippen LogP contribution in [-0.2, 0) is 9.59 Å². The molecule has 8 heteroatoms. The maximum absolute atomic E-state index is 12.9. The third-order valence-electron chi connectivity index (χ3n) is 5.77. The van der Waals surface area contributed by atoms with Gasteiger partial charge in [-0.05, 0) is 44.1 Å². The number of aromatic nitrogens is 1. The first kappa shape index (κ1) is 20.1. The van der Waals surface area contributed by atoms with E-state index < -0.39 is 17.7 Å². The van der Waals surface area contributed by atoms with E-state index in [1.54, 1.807) is 4.90 Å². The van der Waals surface area contributed by atoms with Gasteiger partial charge in [-0.25, -0.2) is 4.98 Å². The van der Waals surface area contributed by atoms with Crippen molar-refractivity contribution in [3.63, 3.8) is 0 Å². The zero-order valence-electron chi connectivity index (χ0n) is 16.3. The van der Waals surface area contributed by atoms with Gasteiger partial charge in [0.2, 0.25) is 5.88 Å². The molecule has 1 aromatic heterocycles. The molecule has 1 saturated carbocycles. The summed E-state index contributed by atoms with van der Waals surface area (Å²) in [7, 11) is 1.37. The van der Waals surface area contributed by atoms with Gasteiger partial charge in [-0.15, -0.1) is 0 Å². The average Bonchev–Trinajstić information content (AvgIpc) is 2.73. The van der Waals surface area contributed by atoms with Crippen molar-refractivity contribution in [2.75, 3.05) is 19.0 Å². The Bertz CT molecular complexity index is 746. The lowest BCUT2D eigenvalue weighted by atomic mass is 9.80. The molecule has 2 heterocycles. The first-order valence-corrected chi connectivity index (χ1v) is 9.97. The monoisotopic (exact) mass is 388 g/mol. The number of methoxy groups -OCH3 is 1. The predicted octanol–water partition coefficient (Wildman–Crippen LogP) is 2.09. The van der Waals surface area contributed by atoms with Gasteiger partial charge < -0.3 is 20.7 Å². The van der Waals surface area contributed by atoms with Gasteiger partial charge in [0.25, 0.3) is 5.91 Å². The molecule has 8 nitrogen and oxygen atoms in total. The van der Waals surface area contributed by atoms with E-state index in [9.17, 15) is 14.4 Å². The van der Waals surface area contributed by atoms with Crippen molar-refractivity contribution in [2.24, 2.45) is 11.7 Å². The smallest absolute Gasteiger partial charge is 0.313 e. The van der Waals surface area contributed by atoms with Crippen LogP contribution in [0.1, 0.15) is 61.7 Å². The van der Waals surface area contributed by atoms with Gasteiger partial charge in [0.1, 0.15) is 5.56 Å². The number of rotatable bonds is 4. The van der Waals surface area contributed by atoms with E-state index in [1.807, 2.05) is 0 Å². The number of anilines is 1. The van der Waals surface area contributed by atoms with E-state index in [-0.39, 0.29) is 23.2 Å². The lowest BCUT2D eigenvalue weighted by Crippen LogP contribution is -2.51. The summed E-state index contributed by atoms with van der Waals surface area (Å²) in [5.74, 6) is -1.41. The van der Waals surface area contributed by atoms with Crippen LogP contribution in [0.4, 0.5) is 5.69 Å². The molecule has 0 aromatic carbocycles. The van der Waals surface area contributed by atoms with Crippen LogP contribution in [0.2, 0.25) is 0 Å². The van der Waals surface area contributed by atoms with Crippen LogP contribution in [0.15, 0.2) is 12.3 Å². The second kappa shape index (κ2) is 9.03. The Morgan fingerprint density at radius 2 is 1.86 bits per heavy atom. The summed E-state index contributed by atoms with van der Waals surface area (Å²) in [4.78, 5) is 42.7. The molecular weight excluding hydrogens is 360 g/mol. The number of amides is 3. The molecular formula is C20H28N4O4. The number of nitrogens with two attached hydrogens (primary N) is 1. The van der Waals surface area contributed by atoms with Crippen LogP contribution in [0.25, 0.3) is 0 Å². The van der Waals surface area contributed by atoms with Crippen molar-refractivity contribution < 1.29 is 19.1 Å². The zero-order valence-corrected chi connectivity index (χ0v) is 16.3. The van der Waals surface area contributed by atoms with Gasteiger partial charge in [0, 0.05) is 12.6 Å². The number of piperidine rings is 1. The fraction of sp³-hybridized carbons (Fsp3) is 0.600. The summed E-state index contributed by atoms with van der Waals surface area (Å²) >= 11 is 0. The van der Waals surface area contributed by atoms with Crippen LogP contribution >= 0.6 is 0 Å². The number of pyridine rings is 1. The van der Waals surface area contributed by atoms with Gasteiger partial charge in [0.15, 0.2) is 0 Å². The Hall–Kier alpha value is -2.64. The number of primary amides is 1. The van der Waals surface area contributed by atoms with Crippen LogP contribution in [0.5, 0.6) is 5.88 Å². The molecule has 28 heavy (non-hydrogen) atoms. The Morgan fingerprint density at radius 3 is 2.54 bits per heavy atom. The molecule has 0 unspecified atom stereocenters. The van der Waals surface area contributed by atoms with Crippen molar-refractivity contribution in [1.82, 2.24) is 9.88 Å². The third kappa shape index (κ3) is 4.43. The molecule has 0 radical (unpaired) electrons. The molecule has 3 N–H and O–H groups in total. The first-order chi connectivity index (χ1) is 13.5. The fourth-order valence-electron chi connectivity index (χ4n) is 4.39. The van der Waals surface area contributed by atoms with Gasteiger partial charge in [0.05, 0.1) is 19.0 Å². The summed E-state index contributed by atoms with van der Waals surface area (Å²) in [6.07, 6.45) is 10.2. The Kier molecular flexibility index (Phi) is 6.49. The highest BCUT2D eigenvalue weighted by molar-refractivity contribution is 6.39. The van der Waals surface area contributed by atoms with Crippen LogP contribution in [-0.4, -0.2) is 47.3 Å². The highest BCUT2D eigenvalue weighted by Gasteiger charge is 2.36. The van der Waals surface area contributed by atoms with E-state index in [2.05, 4.69) is 10.3 Å². The van der Waals surface area contributed by atoms with Crippen molar-refractivity contribution in [3.05, 3.63) is 17.8 Å². The van der Waals surface area contributed by atoms with Crippen molar-refractivity contribution in [2.45, 2.75) is 57.4 Å². The highest BCUT2D eigenvalue weighted by atomic mass is 16.5. The number of hydrogen-bond acceptors (Lipinski definition) is 5. The van der Waals surface area contributed by atoms with Gasteiger partial charge in [-0.3, -0.25) is 14.4 Å². The number of likely N-dealkylation sites (tertiary alicyclic amines) is 1. The highest BCUT2D eigenvalue weighted by Crippen LogP contribution is 2.33. The second-order valence-electron chi connectivity index (χ2n) is 7.56. The molecule has 1 aliphatic carbocycles. The molecule has 1 aromatic rings. The fourth-order valence-corrected chi connectivity index (χ4v) is 4.39. The lowest BCUT2D eigenvalue weighted by molar-refractivity contribution is -0.147. The normalized spacial score (nSPS) is 20.5. The van der Waals surface area contributed by atoms with E-state index in [4.69, 9.17) is 10.5 Å². The minimum Gasteiger partial charge on any atom is -0.480 e. The quantitative estimate of drug-likeness (QED) is 0.767. The van der Waals surface area contributed by atoms with E-state index in [0.29, 0.717) is 12.5 Å². The molecule has 1 saturated heterocycles. The molecule has 3 amide bonds. The Balaban J connectivity index is 1.71. The largest absolute Gasteiger partial charge is 0.480 e. The summed E-state index contributed by atoms with van der Waals surface area (Å²) in [6, 6.07) is 1.51. The van der Waals surface area contributed by atoms with E-state index in [0.717, 1.165) is 32.1 Å². The lowest BCUT2D eigenvalue weighted by Gasteiger charge is -2.41. The minimum atomic E-state index is -0.722. The molecule has 0 bridgehead atoms. The maximum atomic E-state index is 12.9. The van der Waals surface area contributed by atoms with Crippen molar-refractivity contribution >= 4 is 23.4 Å². The van der Waals surface area contributed by atoms with Gasteiger partial charge in [-0.1, -0.05) is 19.3 Å². The molecule has 1 atom stereocenters. The van der Waals surface area contributed by atoms with Crippen molar-refractivity contribution in [3.8, 4) is 5.88 Å². The molecule has 152 valence electrons. The number of ether oxygens (including phenoxy) is 1. The average molecular weight is 388 g/mol. The van der Waals surface area contributed by atoms with E-state index >= 15 is 0 Å². The topological polar surface area (TPSA) is 115 Å². The number of carbonyl (C=O) groups is 3. The number of carbonyl (C=O) groups excluding carboxylic acids is 3. The number of nitrogens with one attached hydrogen (secondary N) is 1. The summed E-state index contributed by atoms with van der Waals surface area (Å²) in [6.45, 7) is 0.612. The number of hydrogen-bond donors (Lipinski definition) is 2. The standard InChI is InChI=1S/C20H28N4O4/c1-28-19-15(17(21)25)11-14(12-22-19)23-18(26)20(27)24-10-6-5-9-16(24)13-7-3-2-4-8-13/h11-13,16H,2-10H2,1H3,(H2,21,25)(H,23,26)/t16-/m0/s1. The Labute approximate surface area is 164 Å². The second-order valence-corrected chi connectivity index (χ2v) is 7.56. The van der Waals surface area contributed by atoms with E-state index in [1.165, 1.54) is 38.6 Å². The number of nitrogens with zero attached hydrogens (tertiary/aromatic N) is 2. The van der Waals surface area contributed by atoms with Gasteiger partial charge >= 0.3 is 11.8 Å². The maximum Gasteiger partial charge on any atom is 0.313 e. The molecule has 3 rings (SSSR count). The van der Waals surface area contributed by atoms with Crippen LogP contribution in [0.3, 0.4) is 0 Å². The SMILES string of the molecule is COc1ncc(NC(=O)C(=O)N2CCCC[C@H]2C2CCCCC2)cc1C(N)=O. The molecule has 0 spiro atoms. The van der Waals surface area contributed by atoms with Gasteiger partial charge in [-0.2, -0.15) is 0 Å². The third-order valence-corrected chi connectivity index (χ3v) is 5.77. The molecule has 2 aliphatic rings. The molecule has 2 fully saturated rings. The zero-order chi connectivity index (χ0) is 20.1.